The minimum absolute atomic E-state index is 0.258. The van der Waals surface area contributed by atoms with Crippen LogP contribution >= 0.6 is 0 Å². The van der Waals surface area contributed by atoms with Gasteiger partial charge in [-0.1, -0.05) is 19.3 Å². The van der Waals surface area contributed by atoms with Crippen molar-refractivity contribution in [3.05, 3.63) is 0 Å². The monoisotopic (exact) mass is 228 g/mol. The van der Waals surface area contributed by atoms with E-state index in [1.165, 1.54) is 32.1 Å². The number of amides is 1. The molecule has 0 aromatic heterocycles. The Morgan fingerprint density at radius 2 is 2.12 bits per heavy atom. The van der Waals surface area contributed by atoms with E-state index in [9.17, 15) is 4.79 Å². The standard InChI is InChI=1S/C12H24N2O2/c1-14-11(12(13)15)7-8-16-9-10-5-3-2-4-6-10/h10-11,14H,2-9H2,1H3,(H2,13,15). The van der Waals surface area contributed by atoms with E-state index in [1.54, 1.807) is 7.05 Å². The largest absolute Gasteiger partial charge is 0.381 e. The van der Waals surface area contributed by atoms with Gasteiger partial charge < -0.3 is 15.8 Å². The number of primary amides is 1. The molecule has 16 heavy (non-hydrogen) atoms. The summed E-state index contributed by atoms with van der Waals surface area (Å²) in [5, 5.41) is 2.89. The molecular weight excluding hydrogens is 204 g/mol. The Kier molecular flexibility index (Phi) is 6.42. The quantitative estimate of drug-likeness (QED) is 0.640. The van der Waals surface area contributed by atoms with Crippen molar-refractivity contribution in [1.82, 2.24) is 5.32 Å². The summed E-state index contributed by atoms with van der Waals surface area (Å²) in [7, 11) is 1.75. The lowest BCUT2D eigenvalue weighted by Crippen LogP contribution is -2.40. The Labute approximate surface area is 97.9 Å². The second-order valence-corrected chi connectivity index (χ2v) is 4.61. The minimum atomic E-state index is -0.302. The van der Waals surface area contributed by atoms with E-state index in [1.807, 2.05) is 0 Å². The van der Waals surface area contributed by atoms with Crippen LogP contribution in [0.25, 0.3) is 0 Å². The first-order valence-electron chi connectivity index (χ1n) is 6.28. The predicted octanol–water partition coefficient (Wildman–Crippen LogP) is 1.05. The second kappa shape index (κ2) is 7.63. The fraction of sp³-hybridized carbons (Fsp3) is 0.917. The molecular formula is C12H24N2O2. The maximum absolute atomic E-state index is 10.9. The van der Waals surface area contributed by atoms with Crippen molar-refractivity contribution in [2.45, 2.75) is 44.6 Å². The Hall–Kier alpha value is -0.610. The van der Waals surface area contributed by atoms with Gasteiger partial charge in [0.25, 0.3) is 0 Å². The number of hydrogen-bond acceptors (Lipinski definition) is 3. The first kappa shape index (κ1) is 13.5. The number of hydrogen-bond donors (Lipinski definition) is 2. The van der Waals surface area contributed by atoms with Crippen LogP contribution in [0, 0.1) is 5.92 Å². The smallest absolute Gasteiger partial charge is 0.234 e. The van der Waals surface area contributed by atoms with Crippen LogP contribution in [0.3, 0.4) is 0 Å². The molecule has 0 spiro atoms. The van der Waals surface area contributed by atoms with E-state index in [4.69, 9.17) is 10.5 Å². The van der Waals surface area contributed by atoms with Crippen LogP contribution in [0.15, 0.2) is 0 Å². The van der Waals surface area contributed by atoms with Gasteiger partial charge in [-0.05, 0) is 32.2 Å². The topological polar surface area (TPSA) is 64.3 Å². The molecule has 4 nitrogen and oxygen atoms in total. The van der Waals surface area contributed by atoms with Crippen molar-refractivity contribution in [2.24, 2.45) is 11.7 Å². The van der Waals surface area contributed by atoms with Crippen LogP contribution in [0.1, 0.15) is 38.5 Å². The molecule has 1 aliphatic rings. The minimum Gasteiger partial charge on any atom is -0.381 e. The molecule has 0 heterocycles. The van der Waals surface area contributed by atoms with E-state index in [0.29, 0.717) is 13.0 Å². The fourth-order valence-electron chi connectivity index (χ4n) is 2.23. The highest BCUT2D eigenvalue weighted by Crippen LogP contribution is 2.23. The van der Waals surface area contributed by atoms with Crippen molar-refractivity contribution in [1.29, 1.82) is 0 Å². The van der Waals surface area contributed by atoms with Crippen LogP contribution in [-0.2, 0) is 9.53 Å². The van der Waals surface area contributed by atoms with Gasteiger partial charge in [-0.3, -0.25) is 4.79 Å². The zero-order valence-corrected chi connectivity index (χ0v) is 10.2. The number of ether oxygens (including phenoxy) is 1. The molecule has 4 heteroatoms. The number of nitrogens with one attached hydrogen (secondary N) is 1. The van der Waals surface area contributed by atoms with Crippen LogP contribution in [0.2, 0.25) is 0 Å². The molecule has 0 aliphatic heterocycles. The molecule has 1 fully saturated rings. The molecule has 94 valence electrons. The third-order valence-corrected chi connectivity index (χ3v) is 3.32. The molecule has 1 aliphatic carbocycles. The molecule has 1 amide bonds. The Bertz CT molecular complexity index is 203. The molecule has 0 aromatic carbocycles. The summed E-state index contributed by atoms with van der Waals surface area (Å²) in [6, 6.07) is -0.258. The molecule has 0 radical (unpaired) electrons. The highest BCUT2D eigenvalue weighted by molar-refractivity contribution is 5.79. The Morgan fingerprint density at radius 3 is 2.69 bits per heavy atom. The van der Waals surface area contributed by atoms with Crippen molar-refractivity contribution < 1.29 is 9.53 Å². The second-order valence-electron chi connectivity index (χ2n) is 4.61. The Balaban J connectivity index is 2.03. The third-order valence-electron chi connectivity index (χ3n) is 3.32. The molecule has 1 rings (SSSR count). The maximum atomic E-state index is 10.9. The molecule has 0 aromatic rings. The van der Waals surface area contributed by atoms with Gasteiger partial charge in [-0.2, -0.15) is 0 Å². The van der Waals surface area contributed by atoms with Gasteiger partial charge >= 0.3 is 0 Å². The van der Waals surface area contributed by atoms with Gasteiger partial charge in [-0.25, -0.2) is 0 Å². The first-order valence-corrected chi connectivity index (χ1v) is 6.28. The zero-order chi connectivity index (χ0) is 11.8. The molecule has 0 bridgehead atoms. The summed E-state index contributed by atoms with van der Waals surface area (Å²) >= 11 is 0. The molecule has 0 saturated heterocycles. The summed E-state index contributed by atoms with van der Waals surface area (Å²) in [6.45, 7) is 1.46. The SMILES string of the molecule is CNC(CCOCC1CCCCC1)C(N)=O. The van der Waals surface area contributed by atoms with Crippen molar-refractivity contribution in [3.63, 3.8) is 0 Å². The number of rotatable bonds is 7. The van der Waals surface area contributed by atoms with E-state index < -0.39 is 0 Å². The summed E-state index contributed by atoms with van der Waals surface area (Å²) in [5.41, 5.74) is 5.22. The molecule has 1 unspecified atom stereocenters. The van der Waals surface area contributed by atoms with Crippen LogP contribution in [-0.4, -0.2) is 32.2 Å². The lowest BCUT2D eigenvalue weighted by Gasteiger charge is -2.21. The average molecular weight is 228 g/mol. The number of likely N-dealkylation sites (N-methyl/N-ethyl adjacent to an activating group) is 1. The highest BCUT2D eigenvalue weighted by Gasteiger charge is 2.15. The van der Waals surface area contributed by atoms with Crippen molar-refractivity contribution >= 4 is 5.91 Å². The van der Waals surface area contributed by atoms with Gasteiger partial charge in [0.05, 0.1) is 6.04 Å². The summed E-state index contributed by atoms with van der Waals surface area (Å²) in [6.07, 6.45) is 7.32. The van der Waals surface area contributed by atoms with E-state index in [-0.39, 0.29) is 11.9 Å². The average Bonchev–Trinajstić information content (AvgIpc) is 2.30. The molecule has 3 N–H and O–H groups in total. The summed E-state index contributed by atoms with van der Waals surface area (Å²) < 4.78 is 5.61. The lowest BCUT2D eigenvalue weighted by molar-refractivity contribution is -0.120. The van der Waals surface area contributed by atoms with Gasteiger partial charge in [-0.15, -0.1) is 0 Å². The lowest BCUT2D eigenvalue weighted by atomic mass is 9.90. The zero-order valence-electron chi connectivity index (χ0n) is 10.2. The van der Waals surface area contributed by atoms with Gasteiger partial charge in [0.1, 0.15) is 0 Å². The normalized spacial score (nSPS) is 19.6. The van der Waals surface area contributed by atoms with Gasteiger partial charge in [0.15, 0.2) is 0 Å². The highest BCUT2D eigenvalue weighted by atomic mass is 16.5. The number of nitrogens with two attached hydrogens (primary N) is 1. The van der Waals surface area contributed by atoms with E-state index in [2.05, 4.69) is 5.32 Å². The summed E-state index contributed by atoms with van der Waals surface area (Å²) in [4.78, 5) is 10.9. The van der Waals surface area contributed by atoms with Crippen LogP contribution in [0.4, 0.5) is 0 Å². The van der Waals surface area contributed by atoms with Crippen molar-refractivity contribution in [2.75, 3.05) is 20.3 Å². The van der Waals surface area contributed by atoms with Crippen LogP contribution in [0.5, 0.6) is 0 Å². The molecule has 1 atom stereocenters. The number of carbonyl (C=O) groups is 1. The van der Waals surface area contributed by atoms with Crippen molar-refractivity contribution in [3.8, 4) is 0 Å². The van der Waals surface area contributed by atoms with Gasteiger partial charge in [0, 0.05) is 13.2 Å². The number of carbonyl (C=O) groups excluding carboxylic acids is 1. The molecule has 1 saturated carbocycles. The van der Waals surface area contributed by atoms with E-state index >= 15 is 0 Å². The van der Waals surface area contributed by atoms with E-state index in [0.717, 1.165) is 12.5 Å². The van der Waals surface area contributed by atoms with Crippen LogP contribution < -0.4 is 11.1 Å². The first-order chi connectivity index (χ1) is 7.74. The Morgan fingerprint density at radius 1 is 1.44 bits per heavy atom. The summed E-state index contributed by atoms with van der Waals surface area (Å²) in [5.74, 6) is 0.430. The van der Waals surface area contributed by atoms with Gasteiger partial charge in [0.2, 0.25) is 5.91 Å². The predicted molar refractivity (Wildman–Crippen MR) is 64.1 cm³/mol. The fourth-order valence-corrected chi connectivity index (χ4v) is 2.23. The maximum Gasteiger partial charge on any atom is 0.234 e. The third kappa shape index (κ3) is 4.94.